The van der Waals surface area contributed by atoms with E-state index in [4.69, 9.17) is 6.42 Å². The maximum absolute atomic E-state index is 5.46. The monoisotopic (exact) mass is 236 g/mol. The zero-order valence-corrected chi connectivity index (χ0v) is 11.9. The van der Waals surface area contributed by atoms with Gasteiger partial charge in [0.1, 0.15) is 0 Å². The zero-order chi connectivity index (χ0) is 12.9. The lowest BCUT2D eigenvalue weighted by molar-refractivity contribution is 0.0690. The summed E-state index contributed by atoms with van der Waals surface area (Å²) in [6, 6.07) is 0.709. The molecule has 0 aromatic heterocycles. The van der Waals surface area contributed by atoms with E-state index >= 15 is 0 Å². The second-order valence-corrected chi connectivity index (χ2v) is 6.21. The van der Waals surface area contributed by atoms with Gasteiger partial charge in [0.2, 0.25) is 0 Å². The van der Waals surface area contributed by atoms with Crippen molar-refractivity contribution in [2.45, 2.75) is 58.5 Å². The van der Waals surface area contributed by atoms with Gasteiger partial charge in [-0.05, 0) is 59.0 Å². The van der Waals surface area contributed by atoms with Crippen molar-refractivity contribution in [1.82, 2.24) is 10.2 Å². The lowest BCUT2D eigenvalue weighted by Gasteiger charge is -2.45. The first kappa shape index (κ1) is 14.5. The molecule has 0 aromatic rings. The summed E-state index contributed by atoms with van der Waals surface area (Å²) < 4.78 is 0. The summed E-state index contributed by atoms with van der Waals surface area (Å²) in [5.41, 5.74) is 0.224. The number of terminal acetylenes is 1. The van der Waals surface area contributed by atoms with Crippen LogP contribution in [0.3, 0.4) is 0 Å². The van der Waals surface area contributed by atoms with Crippen LogP contribution in [0.4, 0.5) is 0 Å². The van der Waals surface area contributed by atoms with Crippen LogP contribution < -0.4 is 5.32 Å². The van der Waals surface area contributed by atoms with Crippen LogP contribution in [-0.4, -0.2) is 36.1 Å². The van der Waals surface area contributed by atoms with Crippen LogP contribution in [0.1, 0.15) is 47.0 Å². The average molecular weight is 236 g/mol. The summed E-state index contributed by atoms with van der Waals surface area (Å²) >= 11 is 0. The highest BCUT2D eigenvalue weighted by Gasteiger charge is 2.34. The predicted octanol–water partition coefficient (Wildman–Crippen LogP) is 2.50. The molecule has 0 amide bonds. The fraction of sp³-hybridized carbons (Fsp3) is 0.867. The van der Waals surface area contributed by atoms with E-state index < -0.39 is 0 Å². The fourth-order valence-electron chi connectivity index (χ4n) is 2.47. The molecular weight excluding hydrogens is 208 g/mol. The molecule has 0 saturated heterocycles. The largest absolute Gasteiger partial charge is 0.312 e. The Bertz CT molecular complexity index is 259. The van der Waals surface area contributed by atoms with Crippen molar-refractivity contribution >= 4 is 0 Å². The molecule has 0 radical (unpaired) electrons. The molecule has 98 valence electrons. The summed E-state index contributed by atoms with van der Waals surface area (Å²) in [5.74, 6) is 3.59. The number of nitrogens with one attached hydrogen (secondary N) is 1. The number of nitrogens with zero attached hydrogens (tertiary/aromatic N) is 1. The maximum atomic E-state index is 5.46. The first-order chi connectivity index (χ1) is 7.98. The summed E-state index contributed by atoms with van der Waals surface area (Å²) in [6.45, 7) is 12.0. The lowest BCUT2D eigenvalue weighted by Crippen LogP contribution is -2.53. The van der Waals surface area contributed by atoms with E-state index in [9.17, 15) is 0 Å². The second-order valence-electron chi connectivity index (χ2n) is 6.21. The van der Waals surface area contributed by atoms with Crippen molar-refractivity contribution in [1.29, 1.82) is 0 Å². The smallest absolute Gasteiger partial charge is 0.0601 e. The van der Waals surface area contributed by atoms with Crippen molar-refractivity contribution in [3.63, 3.8) is 0 Å². The third-order valence-corrected chi connectivity index (χ3v) is 3.55. The van der Waals surface area contributed by atoms with Gasteiger partial charge in [-0.15, -0.1) is 6.42 Å². The van der Waals surface area contributed by atoms with Gasteiger partial charge < -0.3 is 5.32 Å². The van der Waals surface area contributed by atoms with Crippen molar-refractivity contribution < 1.29 is 0 Å². The van der Waals surface area contributed by atoms with Crippen molar-refractivity contribution in [3.05, 3.63) is 0 Å². The zero-order valence-electron chi connectivity index (χ0n) is 11.9. The molecule has 1 fully saturated rings. The Hall–Kier alpha value is -0.520. The summed E-state index contributed by atoms with van der Waals surface area (Å²) in [7, 11) is 0. The summed E-state index contributed by atoms with van der Waals surface area (Å²) in [4.78, 5) is 2.48. The fourth-order valence-corrected chi connectivity index (χ4v) is 2.47. The van der Waals surface area contributed by atoms with Gasteiger partial charge in [0, 0.05) is 11.6 Å². The molecule has 0 heterocycles. The van der Waals surface area contributed by atoms with Crippen LogP contribution in [0.15, 0.2) is 0 Å². The van der Waals surface area contributed by atoms with E-state index in [1.54, 1.807) is 0 Å². The quantitative estimate of drug-likeness (QED) is 0.713. The van der Waals surface area contributed by atoms with Gasteiger partial charge in [-0.2, -0.15) is 0 Å². The molecule has 17 heavy (non-hydrogen) atoms. The SMILES string of the molecule is C#CCN(CCC)C1CCC1CNC(C)(C)C. The Kier molecular flexibility index (Phi) is 5.49. The van der Waals surface area contributed by atoms with Crippen LogP contribution >= 0.6 is 0 Å². The predicted molar refractivity (Wildman–Crippen MR) is 75.0 cm³/mol. The standard InChI is InChI=1S/C15H28N2/c1-6-10-17(11-7-2)14-9-8-13(14)12-16-15(3,4)5/h1,13-14,16H,7-12H2,2-5H3. The highest BCUT2D eigenvalue weighted by molar-refractivity contribution is 4.96. The first-order valence-corrected chi connectivity index (χ1v) is 6.90. The maximum Gasteiger partial charge on any atom is 0.0601 e. The minimum absolute atomic E-state index is 0.224. The van der Waals surface area contributed by atoms with Gasteiger partial charge in [-0.25, -0.2) is 0 Å². The molecule has 2 atom stereocenters. The Morgan fingerprint density at radius 3 is 2.47 bits per heavy atom. The molecule has 2 heteroatoms. The molecule has 0 aliphatic heterocycles. The molecule has 1 N–H and O–H groups in total. The van der Waals surface area contributed by atoms with Gasteiger partial charge in [0.15, 0.2) is 0 Å². The van der Waals surface area contributed by atoms with Crippen LogP contribution in [0.5, 0.6) is 0 Å². The summed E-state index contributed by atoms with van der Waals surface area (Å²) in [5, 5.41) is 3.61. The normalized spacial score (nSPS) is 24.5. The number of hydrogen-bond acceptors (Lipinski definition) is 2. The van der Waals surface area contributed by atoms with Gasteiger partial charge in [-0.1, -0.05) is 12.8 Å². The molecule has 1 aliphatic carbocycles. The van der Waals surface area contributed by atoms with Gasteiger partial charge in [0.05, 0.1) is 6.54 Å². The van der Waals surface area contributed by atoms with Crippen molar-refractivity contribution in [3.8, 4) is 12.3 Å². The minimum Gasteiger partial charge on any atom is -0.312 e. The van der Waals surface area contributed by atoms with E-state index in [1.165, 1.54) is 19.3 Å². The molecule has 0 bridgehead atoms. The number of rotatable bonds is 6. The van der Waals surface area contributed by atoms with Crippen molar-refractivity contribution in [2.24, 2.45) is 5.92 Å². The van der Waals surface area contributed by atoms with E-state index in [2.05, 4.69) is 43.8 Å². The Morgan fingerprint density at radius 2 is 2.06 bits per heavy atom. The molecule has 1 saturated carbocycles. The van der Waals surface area contributed by atoms with Crippen LogP contribution in [0.25, 0.3) is 0 Å². The molecule has 1 rings (SSSR count). The van der Waals surface area contributed by atoms with Gasteiger partial charge in [0.25, 0.3) is 0 Å². The molecule has 0 spiro atoms. The Labute approximate surface area is 107 Å². The van der Waals surface area contributed by atoms with Crippen LogP contribution in [0.2, 0.25) is 0 Å². The first-order valence-electron chi connectivity index (χ1n) is 6.90. The number of hydrogen-bond donors (Lipinski definition) is 1. The van der Waals surface area contributed by atoms with E-state index in [-0.39, 0.29) is 5.54 Å². The third-order valence-electron chi connectivity index (χ3n) is 3.55. The van der Waals surface area contributed by atoms with E-state index in [0.717, 1.165) is 25.6 Å². The summed E-state index contributed by atoms with van der Waals surface area (Å²) in [6.07, 6.45) is 9.31. The van der Waals surface area contributed by atoms with Crippen LogP contribution in [0, 0.1) is 18.3 Å². The molecule has 2 nitrogen and oxygen atoms in total. The minimum atomic E-state index is 0.224. The average Bonchev–Trinajstić information content (AvgIpc) is 2.15. The van der Waals surface area contributed by atoms with E-state index in [1.807, 2.05) is 0 Å². The Morgan fingerprint density at radius 1 is 1.35 bits per heavy atom. The molecule has 1 aliphatic rings. The lowest BCUT2D eigenvalue weighted by atomic mass is 9.78. The molecule has 0 aromatic carbocycles. The van der Waals surface area contributed by atoms with Crippen LogP contribution in [-0.2, 0) is 0 Å². The van der Waals surface area contributed by atoms with Gasteiger partial charge in [-0.3, -0.25) is 4.90 Å². The van der Waals surface area contributed by atoms with Crippen molar-refractivity contribution in [2.75, 3.05) is 19.6 Å². The highest BCUT2D eigenvalue weighted by atomic mass is 15.2. The third kappa shape index (κ3) is 4.69. The van der Waals surface area contributed by atoms with E-state index in [0.29, 0.717) is 6.04 Å². The van der Waals surface area contributed by atoms with Gasteiger partial charge >= 0.3 is 0 Å². The topological polar surface area (TPSA) is 15.3 Å². The highest BCUT2D eigenvalue weighted by Crippen LogP contribution is 2.32. The second kappa shape index (κ2) is 6.42. The Balaban J connectivity index is 2.40. The molecular formula is C15H28N2. The molecule has 2 unspecified atom stereocenters.